The van der Waals surface area contributed by atoms with Crippen molar-refractivity contribution in [3.05, 3.63) is 47.0 Å². The molecule has 0 radical (unpaired) electrons. The number of benzene rings is 1. The fourth-order valence-electron chi connectivity index (χ4n) is 3.35. The van der Waals surface area contributed by atoms with Crippen molar-refractivity contribution in [2.45, 2.75) is 45.6 Å². The van der Waals surface area contributed by atoms with E-state index < -0.39 is 23.2 Å². The smallest absolute Gasteiger partial charge is 0.289 e. The minimum Gasteiger partial charge on any atom is -0.339 e. The van der Waals surface area contributed by atoms with Crippen LogP contribution < -0.4 is 5.32 Å². The second-order valence-electron chi connectivity index (χ2n) is 6.97. The van der Waals surface area contributed by atoms with Gasteiger partial charge in [0, 0.05) is 20.1 Å². The zero-order valence-corrected chi connectivity index (χ0v) is 16.1. The maximum Gasteiger partial charge on any atom is 0.289 e. The number of unbranched alkanes of at least 4 members (excludes halogenated alkanes) is 1. The third kappa shape index (κ3) is 3.90. The molecular formula is C20H24F2N4O2. The van der Waals surface area contributed by atoms with E-state index in [1.165, 1.54) is 6.07 Å². The maximum atomic E-state index is 13.9. The minimum atomic E-state index is -0.864. The molecule has 0 aliphatic carbocycles. The summed E-state index contributed by atoms with van der Waals surface area (Å²) in [5.74, 6) is -2.50. The van der Waals surface area contributed by atoms with Crippen molar-refractivity contribution in [2.75, 3.05) is 18.9 Å². The summed E-state index contributed by atoms with van der Waals surface area (Å²) in [5, 5.41) is 2.27. The molecular weight excluding hydrogens is 366 g/mol. The molecule has 2 heterocycles. The van der Waals surface area contributed by atoms with E-state index in [0.717, 1.165) is 37.8 Å². The number of hydrogen-bond acceptors (Lipinski definition) is 3. The second-order valence-corrected chi connectivity index (χ2v) is 6.97. The van der Waals surface area contributed by atoms with Gasteiger partial charge in [0.05, 0.1) is 5.69 Å². The third-order valence-electron chi connectivity index (χ3n) is 4.92. The molecule has 8 heteroatoms. The van der Waals surface area contributed by atoms with E-state index >= 15 is 0 Å². The summed E-state index contributed by atoms with van der Waals surface area (Å²) in [7, 11) is 1.71. The summed E-state index contributed by atoms with van der Waals surface area (Å²) >= 11 is 0. The number of rotatable bonds is 6. The number of imidazole rings is 1. The predicted octanol–water partition coefficient (Wildman–Crippen LogP) is 3.62. The third-order valence-corrected chi connectivity index (χ3v) is 4.92. The number of fused-ring (bicyclic) bond motifs is 1. The van der Waals surface area contributed by atoms with Crippen molar-refractivity contribution in [3.63, 3.8) is 0 Å². The lowest BCUT2D eigenvalue weighted by Crippen LogP contribution is -2.31. The van der Waals surface area contributed by atoms with Gasteiger partial charge in [0.15, 0.2) is 11.5 Å². The van der Waals surface area contributed by atoms with Crippen molar-refractivity contribution >= 4 is 17.5 Å². The molecule has 3 rings (SSSR count). The molecule has 1 aliphatic rings. The molecule has 2 aromatic rings. The summed E-state index contributed by atoms with van der Waals surface area (Å²) in [6.07, 6.45) is 4.15. The molecule has 0 fully saturated rings. The largest absolute Gasteiger partial charge is 0.339 e. The number of nitrogens with zero attached hydrogens (tertiary/aromatic N) is 3. The molecule has 6 nitrogen and oxygen atoms in total. The van der Waals surface area contributed by atoms with Gasteiger partial charge in [-0.05, 0) is 37.8 Å². The molecule has 1 aliphatic heterocycles. The van der Waals surface area contributed by atoms with Crippen LogP contribution in [0, 0.1) is 11.6 Å². The number of carbonyl (C=O) groups is 2. The van der Waals surface area contributed by atoms with Gasteiger partial charge in [-0.25, -0.2) is 13.8 Å². The number of hydrogen-bond donors (Lipinski definition) is 1. The second kappa shape index (κ2) is 8.50. The average Bonchev–Trinajstić information content (AvgIpc) is 3.08. The van der Waals surface area contributed by atoms with E-state index in [0.29, 0.717) is 25.2 Å². The Balaban J connectivity index is 1.92. The fourth-order valence-corrected chi connectivity index (χ4v) is 3.35. The van der Waals surface area contributed by atoms with Crippen LogP contribution in [-0.4, -0.2) is 39.9 Å². The molecule has 0 unspecified atom stereocenters. The van der Waals surface area contributed by atoms with Crippen molar-refractivity contribution in [1.82, 2.24) is 14.5 Å². The first-order valence-corrected chi connectivity index (χ1v) is 9.54. The first-order valence-electron chi connectivity index (χ1n) is 9.54. The lowest BCUT2D eigenvalue weighted by Gasteiger charge is -2.20. The monoisotopic (exact) mass is 390 g/mol. The average molecular weight is 390 g/mol. The standard InChI is InChI=1S/C20H24F2N4O2/c1-3-4-11-25(2)20(28)18-23-17(15-10-5-6-12-26(15)18)19(27)24-16-13(21)8-7-9-14(16)22/h7-9H,3-6,10-12H2,1-2H3,(H,24,27). The van der Waals surface area contributed by atoms with E-state index in [4.69, 9.17) is 0 Å². The number of aromatic nitrogens is 2. The van der Waals surface area contributed by atoms with Gasteiger partial charge in [-0.15, -0.1) is 0 Å². The van der Waals surface area contributed by atoms with E-state index in [1.54, 1.807) is 16.5 Å². The van der Waals surface area contributed by atoms with Crippen molar-refractivity contribution < 1.29 is 18.4 Å². The molecule has 1 N–H and O–H groups in total. The molecule has 2 amide bonds. The highest BCUT2D eigenvalue weighted by atomic mass is 19.1. The highest BCUT2D eigenvalue weighted by Gasteiger charge is 2.29. The number of para-hydroxylation sites is 1. The molecule has 150 valence electrons. The topological polar surface area (TPSA) is 67.2 Å². The molecule has 0 saturated carbocycles. The van der Waals surface area contributed by atoms with Gasteiger partial charge < -0.3 is 14.8 Å². The Morgan fingerprint density at radius 2 is 1.96 bits per heavy atom. The van der Waals surface area contributed by atoms with Crippen LogP contribution in [0.4, 0.5) is 14.5 Å². The SMILES string of the molecule is CCCCN(C)C(=O)c1nc(C(=O)Nc2c(F)cccc2F)c2n1CCCC2. The molecule has 0 saturated heterocycles. The Labute approximate surface area is 162 Å². The Kier molecular flexibility index (Phi) is 6.06. The number of amides is 2. The van der Waals surface area contributed by atoms with Gasteiger partial charge in [-0.1, -0.05) is 19.4 Å². The molecule has 28 heavy (non-hydrogen) atoms. The Morgan fingerprint density at radius 3 is 2.64 bits per heavy atom. The Hall–Kier alpha value is -2.77. The zero-order chi connectivity index (χ0) is 20.3. The summed E-state index contributed by atoms with van der Waals surface area (Å²) < 4.78 is 29.5. The molecule has 1 aromatic heterocycles. The van der Waals surface area contributed by atoms with Crippen LogP contribution in [-0.2, 0) is 13.0 Å². The maximum absolute atomic E-state index is 13.9. The van der Waals surface area contributed by atoms with Crippen LogP contribution in [0.2, 0.25) is 0 Å². The first kappa shape index (κ1) is 20.0. The molecule has 0 spiro atoms. The fraction of sp³-hybridized carbons (Fsp3) is 0.450. The minimum absolute atomic E-state index is 0.0506. The number of carbonyl (C=O) groups excluding carboxylic acids is 2. The summed E-state index contributed by atoms with van der Waals surface area (Å²) in [4.78, 5) is 31.4. The van der Waals surface area contributed by atoms with Crippen LogP contribution in [0.3, 0.4) is 0 Å². The van der Waals surface area contributed by atoms with Gasteiger partial charge in [0.25, 0.3) is 11.8 Å². The lowest BCUT2D eigenvalue weighted by molar-refractivity contribution is 0.0775. The normalized spacial score (nSPS) is 13.1. The van der Waals surface area contributed by atoms with Gasteiger partial charge in [-0.2, -0.15) is 0 Å². The summed E-state index contributed by atoms with van der Waals surface area (Å²) in [6, 6.07) is 3.36. The van der Waals surface area contributed by atoms with Crippen LogP contribution in [0.25, 0.3) is 0 Å². The molecule has 0 bridgehead atoms. The number of nitrogens with one attached hydrogen (secondary N) is 1. The van der Waals surface area contributed by atoms with E-state index in [9.17, 15) is 18.4 Å². The van der Waals surface area contributed by atoms with Gasteiger partial charge >= 0.3 is 0 Å². The van der Waals surface area contributed by atoms with Crippen molar-refractivity contribution in [2.24, 2.45) is 0 Å². The van der Waals surface area contributed by atoms with Crippen LogP contribution in [0.1, 0.15) is 59.4 Å². The first-order chi connectivity index (χ1) is 13.4. The highest BCUT2D eigenvalue weighted by molar-refractivity contribution is 6.05. The highest BCUT2D eigenvalue weighted by Crippen LogP contribution is 2.24. The van der Waals surface area contributed by atoms with Gasteiger partial charge in [0.1, 0.15) is 17.3 Å². The molecule has 1 aromatic carbocycles. The number of anilines is 1. The quantitative estimate of drug-likeness (QED) is 0.819. The Morgan fingerprint density at radius 1 is 1.25 bits per heavy atom. The summed E-state index contributed by atoms with van der Waals surface area (Å²) in [6.45, 7) is 3.23. The Bertz CT molecular complexity index is 874. The van der Waals surface area contributed by atoms with Crippen molar-refractivity contribution in [3.8, 4) is 0 Å². The molecule has 0 atom stereocenters. The van der Waals surface area contributed by atoms with E-state index in [1.807, 2.05) is 6.92 Å². The van der Waals surface area contributed by atoms with Crippen LogP contribution in [0.15, 0.2) is 18.2 Å². The summed E-state index contributed by atoms with van der Waals surface area (Å²) in [5.41, 5.74) is 0.167. The van der Waals surface area contributed by atoms with Crippen LogP contribution >= 0.6 is 0 Å². The van der Waals surface area contributed by atoms with E-state index in [2.05, 4.69) is 10.3 Å². The number of halogens is 2. The predicted molar refractivity (Wildman–Crippen MR) is 101 cm³/mol. The van der Waals surface area contributed by atoms with Crippen molar-refractivity contribution in [1.29, 1.82) is 0 Å². The lowest BCUT2D eigenvalue weighted by atomic mass is 10.1. The van der Waals surface area contributed by atoms with Crippen LogP contribution in [0.5, 0.6) is 0 Å². The van der Waals surface area contributed by atoms with E-state index in [-0.39, 0.29) is 17.4 Å². The van der Waals surface area contributed by atoms with Gasteiger partial charge in [-0.3, -0.25) is 9.59 Å². The van der Waals surface area contributed by atoms with Gasteiger partial charge in [0.2, 0.25) is 0 Å². The zero-order valence-electron chi connectivity index (χ0n) is 16.1.